The molecule has 0 saturated carbocycles. The second-order valence-electron chi connectivity index (χ2n) is 8.27. The lowest BCUT2D eigenvalue weighted by Gasteiger charge is -2.56. The zero-order valence-corrected chi connectivity index (χ0v) is 19.9. The summed E-state index contributed by atoms with van der Waals surface area (Å²) in [7, 11) is 1.58. The average molecular weight is 498 g/mol. The predicted octanol–water partition coefficient (Wildman–Crippen LogP) is 5.29. The van der Waals surface area contributed by atoms with E-state index in [1.807, 2.05) is 6.92 Å². The minimum absolute atomic E-state index is 0.273. The molecule has 1 amide bonds. The van der Waals surface area contributed by atoms with Gasteiger partial charge in [-0.05, 0) is 85.9 Å². The number of hydrogen-bond donors (Lipinski definition) is 2. The maximum atomic E-state index is 13.7. The Hall–Kier alpha value is -3.36. The van der Waals surface area contributed by atoms with Crippen molar-refractivity contribution in [2.45, 2.75) is 18.7 Å². The molecule has 3 atom stereocenters. The number of anilines is 2. The summed E-state index contributed by atoms with van der Waals surface area (Å²) >= 11 is 12.0. The number of ether oxygens (including phenoxy) is 2. The van der Waals surface area contributed by atoms with Crippen LogP contribution in [0, 0.1) is 11.7 Å². The number of amides is 1. The van der Waals surface area contributed by atoms with E-state index in [-0.39, 0.29) is 11.7 Å². The average Bonchev–Trinajstić information content (AvgIpc) is 2.81. The molecular formula is C25H21ClFN3O3S. The maximum Gasteiger partial charge on any atom is 0.236 e. The molecule has 0 aliphatic carbocycles. The fraction of sp³-hybridized carbons (Fsp3) is 0.200. The van der Waals surface area contributed by atoms with E-state index in [2.05, 4.69) is 10.6 Å². The summed E-state index contributed by atoms with van der Waals surface area (Å²) < 4.78 is 25.3. The predicted molar refractivity (Wildman–Crippen MR) is 133 cm³/mol. The van der Waals surface area contributed by atoms with Gasteiger partial charge in [-0.2, -0.15) is 0 Å². The van der Waals surface area contributed by atoms with Crippen molar-refractivity contribution < 1.29 is 18.7 Å². The first kappa shape index (κ1) is 22.4. The van der Waals surface area contributed by atoms with Crippen LogP contribution in [0.15, 0.2) is 66.7 Å². The number of carbonyl (C=O) groups excluding carboxylic acids is 1. The van der Waals surface area contributed by atoms with Crippen LogP contribution < -0.4 is 25.0 Å². The molecule has 34 heavy (non-hydrogen) atoms. The number of thiocarbonyl (C=S) groups is 1. The van der Waals surface area contributed by atoms with E-state index in [0.29, 0.717) is 33.0 Å². The van der Waals surface area contributed by atoms with Gasteiger partial charge in [0.25, 0.3) is 0 Å². The molecule has 5 rings (SSSR count). The molecule has 2 N–H and O–H groups in total. The van der Waals surface area contributed by atoms with Crippen LogP contribution in [0.2, 0.25) is 5.02 Å². The monoisotopic (exact) mass is 497 g/mol. The summed E-state index contributed by atoms with van der Waals surface area (Å²) in [5, 5.41) is 7.16. The van der Waals surface area contributed by atoms with Gasteiger partial charge in [0.2, 0.25) is 5.91 Å². The third kappa shape index (κ3) is 3.73. The molecule has 0 radical (unpaired) electrons. The van der Waals surface area contributed by atoms with Crippen LogP contribution in [0.1, 0.15) is 18.5 Å². The number of fused-ring (bicyclic) bond motifs is 4. The Labute approximate surface area is 206 Å². The van der Waals surface area contributed by atoms with Gasteiger partial charge in [0, 0.05) is 22.0 Å². The van der Waals surface area contributed by atoms with Crippen molar-refractivity contribution >= 4 is 46.2 Å². The van der Waals surface area contributed by atoms with E-state index in [4.69, 9.17) is 33.3 Å². The smallest absolute Gasteiger partial charge is 0.236 e. The van der Waals surface area contributed by atoms with Crippen LogP contribution in [0.5, 0.6) is 11.5 Å². The highest BCUT2D eigenvalue weighted by atomic mass is 35.5. The van der Waals surface area contributed by atoms with Crippen LogP contribution in [0.4, 0.5) is 15.8 Å². The van der Waals surface area contributed by atoms with Crippen LogP contribution in [0.3, 0.4) is 0 Å². The number of halogens is 2. The van der Waals surface area contributed by atoms with Gasteiger partial charge in [-0.3, -0.25) is 9.69 Å². The molecule has 0 aromatic heterocycles. The van der Waals surface area contributed by atoms with Crippen molar-refractivity contribution in [1.82, 2.24) is 5.32 Å². The van der Waals surface area contributed by atoms with Gasteiger partial charge in [-0.25, -0.2) is 4.39 Å². The SMILES string of the molecule is COc1ccc(NC(=O)C2C3NC(=S)N(c4ccc(F)cc4)C2(C)Oc2ccc(Cl)cc23)cc1. The van der Waals surface area contributed by atoms with Crippen LogP contribution >= 0.6 is 23.8 Å². The minimum Gasteiger partial charge on any atom is -0.497 e. The second-order valence-corrected chi connectivity index (χ2v) is 9.10. The molecule has 3 aromatic carbocycles. The standard InChI is InChI=1S/C25H21ClFN3O3S/c1-25-21(23(31)28-16-6-10-18(32-2)11-7-16)22(19-13-14(26)3-12-20(19)33-25)29-24(34)30(25)17-8-4-15(27)5-9-17/h3-13,21-22H,1-2H3,(H,28,31)(H,29,34). The largest absolute Gasteiger partial charge is 0.497 e. The molecule has 6 nitrogen and oxygen atoms in total. The fourth-order valence-corrected chi connectivity index (χ4v) is 5.22. The Morgan fingerprint density at radius 3 is 2.56 bits per heavy atom. The van der Waals surface area contributed by atoms with Gasteiger partial charge in [0.1, 0.15) is 23.2 Å². The summed E-state index contributed by atoms with van der Waals surface area (Å²) in [5.74, 6) is -0.114. The zero-order valence-electron chi connectivity index (χ0n) is 18.3. The highest BCUT2D eigenvalue weighted by Gasteiger charge is 2.59. The van der Waals surface area contributed by atoms with Gasteiger partial charge >= 0.3 is 0 Å². The first-order chi connectivity index (χ1) is 16.3. The van der Waals surface area contributed by atoms with Crippen LogP contribution in [-0.2, 0) is 4.79 Å². The summed E-state index contributed by atoms with van der Waals surface area (Å²) in [6.45, 7) is 1.81. The first-order valence-corrected chi connectivity index (χ1v) is 11.4. The molecule has 2 bridgehead atoms. The van der Waals surface area contributed by atoms with E-state index < -0.39 is 17.7 Å². The lowest BCUT2D eigenvalue weighted by Crippen LogP contribution is -2.72. The molecule has 2 aliphatic rings. The lowest BCUT2D eigenvalue weighted by molar-refractivity contribution is -0.130. The molecular weight excluding hydrogens is 477 g/mol. The Kier molecular flexibility index (Phi) is 5.58. The lowest BCUT2D eigenvalue weighted by atomic mass is 9.78. The Morgan fingerprint density at radius 2 is 1.88 bits per heavy atom. The summed E-state index contributed by atoms with van der Waals surface area (Å²) in [6, 6.07) is 17.8. The van der Waals surface area contributed by atoms with E-state index >= 15 is 0 Å². The third-order valence-corrected chi connectivity index (χ3v) is 6.72. The van der Waals surface area contributed by atoms with Gasteiger partial charge in [0.05, 0.1) is 13.2 Å². The first-order valence-electron chi connectivity index (χ1n) is 10.6. The minimum atomic E-state index is -1.21. The number of benzene rings is 3. The Morgan fingerprint density at radius 1 is 1.18 bits per heavy atom. The second kappa shape index (κ2) is 8.45. The quantitative estimate of drug-likeness (QED) is 0.478. The number of carbonyl (C=O) groups is 1. The van der Waals surface area contributed by atoms with E-state index in [1.54, 1.807) is 66.6 Å². The fourth-order valence-electron chi connectivity index (χ4n) is 4.63. The van der Waals surface area contributed by atoms with Crippen molar-refractivity contribution in [3.05, 3.63) is 83.1 Å². The molecule has 2 heterocycles. The van der Waals surface area contributed by atoms with Gasteiger partial charge in [0.15, 0.2) is 10.8 Å². The van der Waals surface area contributed by atoms with E-state index in [9.17, 15) is 9.18 Å². The number of hydrogen-bond acceptors (Lipinski definition) is 4. The van der Waals surface area contributed by atoms with Crippen LogP contribution in [0.25, 0.3) is 0 Å². The Bertz CT molecular complexity index is 1270. The normalized spacial score (nSPS) is 22.8. The molecule has 3 unspecified atom stereocenters. The molecule has 2 aliphatic heterocycles. The molecule has 174 valence electrons. The highest BCUT2D eigenvalue weighted by Crippen LogP contribution is 2.50. The van der Waals surface area contributed by atoms with Gasteiger partial charge < -0.3 is 20.1 Å². The Balaban J connectivity index is 1.59. The number of methoxy groups -OCH3 is 1. The third-order valence-electron chi connectivity index (χ3n) is 6.18. The molecule has 0 spiro atoms. The number of rotatable bonds is 4. The van der Waals surface area contributed by atoms with Crippen molar-refractivity contribution in [3.63, 3.8) is 0 Å². The topological polar surface area (TPSA) is 62.8 Å². The number of nitrogens with one attached hydrogen (secondary N) is 2. The molecule has 3 aromatic rings. The van der Waals surface area contributed by atoms with E-state index in [0.717, 1.165) is 5.56 Å². The van der Waals surface area contributed by atoms with Crippen molar-refractivity contribution in [2.24, 2.45) is 5.92 Å². The highest BCUT2D eigenvalue weighted by molar-refractivity contribution is 7.80. The summed E-state index contributed by atoms with van der Waals surface area (Å²) in [4.78, 5) is 15.5. The van der Waals surface area contributed by atoms with Crippen molar-refractivity contribution in [1.29, 1.82) is 0 Å². The molecule has 1 fully saturated rings. The zero-order chi connectivity index (χ0) is 24.0. The summed E-state index contributed by atoms with van der Waals surface area (Å²) in [5.41, 5.74) is 0.739. The molecule has 9 heteroatoms. The van der Waals surface area contributed by atoms with Gasteiger partial charge in [-0.15, -0.1) is 0 Å². The van der Waals surface area contributed by atoms with Crippen LogP contribution in [-0.4, -0.2) is 23.9 Å². The van der Waals surface area contributed by atoms with E-state index in [1.165, 1.54) is 12.1 Å². The van der Waals surface area contributed by atoms with Crippen molar-refractivity contribution in [3.8, 4) is 11.5 Å². The van der Waals surface area contributed by atoms with Gasteiger partial charge in [-0.1, -0.05) is 11.6 Å². The van der Waals surface area contributed by atoms with Crippen molar-refractivity contribution in [2.75, 3.05) is 17.3 Å². The summed E-state index contributed by atoms with van der Waals surface area (Å²) in [6.07, 6.45) is 0. The maximum absolute atomic E-state index is 13.7. The molecule has 1 saturated heterocycles. The number of nitrogens with zero attached hydrogens (tertiary/aromatic N) is 1.